The normalized spacial score (nSPS) is 9.94. The minimum Gasteiger partial charge on any atom is -0.496 e. The van der Waals surface area contributed by atoms with Gasteiger partial charge in [0.05, 0.1) is 14.2 Å². The number of nitrogens with zero attached hydrogens (tertiary/aromatic N) is 1. The molecule has 0 saturated carbocycles. The van der Waals surface area contributed by atoms with E-state index in [1.807, 2.05) is 19.1 Å². The maximum atomic E-state index is 10.4. The van der Waals surface area contributed by atoms with E-state index in [0.717, 1.165) is 11.1 Å². The van der Waals surface area contributed by atoms with Crippen LogP contribution >= 0.6 is 0 Å². The highest BCUT2D eigenvalue weighted by molar-refractivity contribution is 5.47. The molecular weight excluding hydrogens is 210 g/mol. The van der Waals surface area contributed by atoms with Crippen molar-refractivity contribution in [2.45, 2.75) is 13.3 Å². The number of aryl methyl sites for hydroxylation is 1. The molecule has 0 aliphatic carbocycles. The summed E-state index contributed by atoms with van der Waals surface area (Å²) >= 11 is 0. The molecule has 0 fully saturated rings. The maximum Gasteiger partial charge on any atom is 0.208 e. The summed E-state index contributed by atoms with van der Waals surface area (Å²) in [5.74, 6) is 1.28. The fourth-order valence-corrected chi connectivity index (χ4v) is 1.56. The van der Waals surface area contributed by atoms with Crippen molar-refractivity contribution in [3.63, 3.8) is 0 Å². The van der Waals surface area contributed by atoms with E-state index in [-0.39, 0.29) is 11.5 Å². The number of benzene rings is 1. The summed E-state index contributed by atoms with van der Waals surface area (Å²) in [6.45, 7) is 1.79. The quantitative estimate of drug-likeness (QED) is 0.566. The van der Waals surface area contributed by atoms with Crippen LogP contribution in [0, 0.1) is 17.0 Å². The highest BCUT2D eigenvalue weighted by atomic mass is 16.6. The van der Waals surface area contributed by atoms with Gasteiger partial charge in [-0.3, -0.25) is 10.1 Å². The van der Waals surface area contributed by atoms with Crippen LogP contribution in [-0.4, -0.2) is 25.7 Å². The summed E-state index contributed by atoms with van der Waals surface area (Å²) in [6.07, 6.45) is 0.305. The van der Waals surface area contributed by atoms with Crippen molar-refractivity contribution in [1.82, 2.24) is 0 Å². The van der Waals surface area contributed by atoms with Crippen LogP contribution in [0.25, 0.3) is 0 Å². The molecule has 88 valence electrons. The number of hydrogen-bond donors (Lipinski definition) is 0. The average molecular weight is 225 g/mol. The van der Waals surface area contributed by atoms with Crippen LogP contribution in [0.4, 0.5) is 0 Å². The van der Waals surface area contributed by atoms with E-state index < -0.39 is 0 Å². The first-order chi connectivity index (χ1) is 7.58. The molecule has 1 rings (SSSR count). The number of ether oxygens (including phenoxy) is 2. The first-order valence-electron chi connectivity index (χ1n) is 4.91. The van der Waals surface area contributed by atoms with Crippen molar-refractivity contribution in [3.05, 3.63) is 33.4 Å². The predicted molar refractivity (Wildman–Crippen MR) is 59.8 cm³/mol. The largest absolute Gasteiger partial charge is 0.496 e. The first-order valence-corrected chi connectivity index (χ1v) is 4.91. The number of rotatable bonds is 5. The van der Waals surface area contributed by atoms with Gasteiger partial charge in [-0.15, -0.1) is 0 Å². The Bertz CT molecular complexity index is 365. The number of nitro groups is 1. The van der Waals surface area contributed by atoms with Gasteiger partial charge in [-0.05, 0) is 24.6 Å². The van der Waals surface area contributed by atoms with Crippen LogP contribution in [0.15, 0.2) is 12.1 Å². The monoisotopic (exact) mass is 225 g/mol. The third kappa shape index (κ3) is 2.85. The van der Waals surface area contributed by atoms with Crippen LogP contribution in [-0.2, 0) is 6.42 Å². The van der Waals surface area contributed by atoms with Crippen LogP contribution in [0.5, 0.6) is 11.5 Å². The van der Waals surface area contributed by atoms with E-state index in [1.54, 1.807) is 14.2 Å². The van der Waals surface area contributed by atoms with Crippen molar-refractivity contribution < 1.29 is 14.4 Å². The molecule has 0 aromatic heterocycles. The third-order valence-corrected chi connectivity index (χ3v) is 2.30. The molecule has 0 spiro atoms. The van der Waals surface area contributed by atoms with Gasteiger partial charge in [-0.25, -0.2) is 0 Å². The Labute approximate surface area is 94.1 Å². The van der Waals surface area contributed by atoms with Crippen molar-refractivity contribution >= 4 is 0 Å². The maximum absolute atomic E-state index is 10.4. The van der Waals surface area contributed by atoms with E-state index in [1.165, 1.54) is 0 Å². The van der Waals surface area contributed by atoms with Crippen LogP contribution in [0.2, 0.25) is 0 Å². The predicted octanol–water partition coefficient (Wildman–Crippen LogP) is 1.83. The van der Waals surface area contributed by atoms with Crippen molar-refractivity contribution in [1.29, 1.82) is 0 Å². The summed E-state index contributed by atoms with van der Waals surface area (Å²) in [5, 5.41) is 10.4. The van der Waals surface area contributed by atoms with E-state index in [4.69, 9.17) is 9.47 Å². The van der Waals surface area contributed by atoms with E-state index in [0.29, 0.717) is 17.9 Å². The molecule has 0 atom stereocenters. The molecule has 5 nitrogen and oxygen atoms in total. The van der Waals surface area contributed by atoms with Gasteiger partial charge in [-0.1, -0.05) is 0 Å². The molecule has 1 aromatic carbocycles. The molecule has 0 amide bonds. The van der Waals surface area contributed by atoms with Gasteiger partial charge in [0.25, 0.3) is 0 Å². The first kappa shape index (κ1) is 12.3. The summed E-state index contributed by atoms with van der Waals surface area (Å²) in [6, 6.07) is 3.69. The SMILES string of the molecule is COc1cc(C)cc(OC)c1CC[N+](=O)[O-]. The van der Waals surface area contributed by atoms with Gasteiger partial charge >= 0.3 is 0 Å². The lowest BCUT2D eigenvalue weighted by molar-refractivity contribution is -0.479. The topological polar surface area (TPSA) is 61.6 Å². The van der Waals surface area contributed by atoms with Crippen LogP contribution in [0.3, 0.4) is 0 Å². The molecule has 0 N–H and O–H groups in total. The Balaban J connectivity index is 3.06. The molecule has 0 aliphatic rings. The van der Waals surface area contributed by atoms with Gasteiger partial charge in [0, 0.05) is 16.9 Å². The molecule has 0 saturated heterocycles. The lowest BCUT2D eigenvalue weighted by atomic mass is 10.1. The van der Waals surface area contributed by atoms with E-state index >= 15 is 0 Å². The Hall–Kier alpha value is -1.78. The Morgan fingerprint density at radius 1 is 1.25 bits per heavy atom. The smallest absolute Gasteiger partial charge is 0.208 e. The number of methoxy groups -OCH3 is 2. The summed E-state index contributed by atoms with van der Waals surface area (Å²) < 4.78 is 10.4. The average Bonchev–Trinajstić information content (AvgIpc) is 2.25. The van der Waals surface area contributed by atoms with Crippen molar-refractivity contribution in [2.75, 3.05) is 20.8 Å². The summed E-state index contributed by atoms with van der Waals surface area (Å²) in [5.41, 5.74) is 1.74. The molecule has 0 heterocycles. The minimum atomic E-state index is -0.348. The van der Waals surface area contributed by atoms with Crippen molar-refractivity contribution in [3.8, 4) is 11.5 Å². The Morgan fingerprint density at radius 2 is 1.75 bits per heavy atom. The van der Waals surface area contributed by atoms with Gasteiger partial charge < -0.3 is 9.47 Å². The van der Waals surface area contributed by atoms with Gasteiger partial charge in [0.2, 0.25) is 6.54 Å². The second kappa shape index (κ2) is 5.34. The second-order valence-corrected chi connectivity index (χ2v) is 3.45. The molecule has 0 aliphatic heterocycles. The van der Waals surface area contributed by atoms with Crippen LogP contribution < -0.4 is 9.47 Å². The second-order valence-electron chi connectivity index (χ2n) is 3.45. The molecule has 0 radical (unpaired) electrons. The zero-order valence-corrected chi connectivity index (χ0v) is 9.65. The van der Waals surface area contributed by atoms with E-state index in [2.05, 4.69) is 0 Å². The highest BCUT2D eigenvalue weighted by Gasteiger charge is 2.13. The lowest BCUT2D eigenvalue weighted by Crippen LogP contribution is -2.07. The number of hydrogen-bond acceptors (Lipinski definition) is 4. The lowest BCUT2D eigenvalue weighted by Gasteiger charge is -2.12. The molecular formula is C11H15NO4. The van der Waals surface area contributed by atoms with E-state index in [9.17, 15) is 10.1 Å². The van der Waals surface area contributed by atoms with Gasteiger partial charge in [0.15, 0.2) is 0 Å². The zero-order chi connectivity index (χ0) is 12.1. The van der Waals surface area contributed by atoms with Gasteiger partial charge in [0.1, 0.15) is 11.5 Å². The fraction of sp³-hybridized carbons (Fsp3) is 0.455. The molecule has 16 heavy (non-hydrogen) atoms. The van der Waals surface area contributed by atoms with Crippen molar-refractivity contribution in [2.24, 2.45) is 0 Å². The Kier molecular flexibility index (Phi) is 4.10. The molecule has 0 unspecified atom stereocenters. The van der Waals surface area contributed by atoms with Crippen LogP contribution in [0.1, 0.15) is 11.1 Å². The Morgan fingerprint density at radius 3 is 2.12 bits per heavy atom. The summed E-state index contributed by atoms with van der Waals surface area (Å²) in [7, 11) is 3.09. The third-order valence-electron chi connectivity index (χ3n) is 2.30. The molecule has 5 heteroatoms. The minimum absolute atomic E-state index is 0.129. The summed E-state index contributed by atoms with van der Waals surface area (Å²) in [4.78, 5) is 10.0. The molecule has 1 aromatic rings. The fourth-order valence-electron chi connectivity index (χ4n) is 1.56. The van der Waals surface area contributed by atoms with Gasteiger partial charge in [-0.2, -0.15) is 0 Å². The standard InChI is InChI=1S/C11H15NO4/c1-8-6-10(15-2)9(4-5-12(13)14)11(7-8)16-3/h6-7H,4-5H2,1-3H3. The highest BCUT2D eigenvalue weighted by Crippen LogP contribution is 2.30. The molecule has 0 bridgehead atoms. The zero-order valence-electron chi connectivity index (χ0n) is 9.65.